The maximum absolute atomic E-state index is 14.2. The van der Waals surface area contributed by atoms with Crippen molar-refractivity contribution >= 4 is 38.6 Å². The van der Waals surface area contributed by atoms with E-state index in [1.165, 1.54) is 0 Å². The summed E-state index contributed by atoms with van der Waals surface area (Å²) in [5.41, 5.74) is 2.27. The number of hydrogen-bond donors (Lipinski definition) is 2. The molecule has 13 heteroatoms. The number of aryl methyl sites for hydroxylation is 2. The summed E-state index contributed by atoms with van der Waals surface area (Å²) in [4.78, 5) is 53.2. The third kappa shape index (κ3) is 6.92. The monoisotopic (exact) mass is 715 g/mol. The van der Waals surface area contributed by atoms with E-state index < -0.39 is 50.6 Å². The van der Waals surface area contributed by atoms with Gasteiger partial charge in [0.1, 0.15) is 23.1 Å². The Balaban J connectivity index is 1.21. The summed E-state index contributed by atoms with van der Waals surface area (Å²) in [6.45, 7) is 4.41. The largest absolute Gasteiger partial charge is 0.496 e. The fourth-order valence-corrected chi connectivity index (χ4v) is 8.95. The van der Waals surface area contributed by atoms with E-state index in [1.54, 1.807) is 19.1 Å². The van der Waals surface area contributed by atoms with Gasteiger partial charge in [0.2, 0.25) is 21.8 Å². The molecule has 0 saturated heterocycles. The number of nitrogens with one attached hydrogen (secondary N) is 2. The summed E-state index contributed by atoms with van der Waals surface area (Å²) < 4.78 is 40.1. The smallest absolute Gasteiger partial charge is 0.259 e. The molecule has 1 aromatic carbocycles. The summed E-state index contributed by atoms with van der Waals surface area (Å²) in [6.07, 6.45) is 7.58. The Kier molecular flexibility index (Phi) is 9.28. The molecule has 5 atom stereocenters. The van der Waals surface area contributed by atoms with Crippen LogP contribution in [0.4, 0.5) is 0 Å². The molecule has 3 aromatic rings. The molecule has 12 nitrogen and oxygen atoms in total. The molecule has 2 N–H and O–H groups in total. The zero-order valence-corrected chi connectivity index (χ0v) is 30.3. The van der Waals surface area contributed by atoms with Crippen molar-refractivity contribution < 1.29 is 32.3 Å². The van der Waals surface area contributed by atoms with E-state index in [4.69, 9.17) is 14.5 Å². The Bertz CT molecular complexity index is 2030. The molecule has 3 fully saturated rings. The van der Waals surface area contributed by atoms with E-state index in [0.717, 1.165) is 35.9 Å². The molecule has 3 unspecified atom stereocenters. The number of benzene rings is 1. The average molecular weight is 716 g/mol. The summed E-state index contributed by atoms with van der Waals surface area (Å²) in [7, 11) is -0.457. The summed E-state index contributed by atoms with van der Waals surface area (Å²) >= 11 is 0. The lowest BCUT2D eigenvalue weighted by atomic mass is 9.93. The zero-order chi connectivity index (χ0) is 36.1. The van der Waals surface area contributed by atoms with Crippen LogP contribution in [0.15, 0.2) is 48.6 Å². The van der Waals surface area contributed by atoms with Gasteiger partial charge in [-0.2, -0.15) is 0 Å². The summed E-state index contributed by atoms with van der Waals surface area (Å²) in [6, 6.07) is 11.3. The van der Waals surface area contributed by atoms with Gasteiger partial charge >= 0.3 is 0 Å². The van der Waals surface area contributed by atoms with Crippen molar-refractivity contribution in [1.82, 2.24) is 24.9 Å². The Morgan fingerprint density at radius 2 is 1.80 bits per heavy atom. The molecule has 0 radical (unpaired) electrons. The predicted molar refractivity (Wildman–Crippen MR) is 191 cm³/mol. The Morgan fingerprint density at radius 3 is 2.55 bits per heavy atom. The quantitative estimate of drug-likeness (QED) is 0.339. The average Bonchev–Trinajstić information content (AvgIpc) is 4.03. The van der Waals surface area contributed by atoms with E-state index >= 15 is 0 Å². The SMILES string of the molecule is COc1ccc2c(O[C@@H]3CC4C(=O)N(C)CCCC/C=C\C5CC5(C(=O)NS(=O)(=O)C5CC5)NC(=O)[C@@H]4C3)cc(-c3cccc(C)n3)nc2c1C. The van der Waals surface area contributed by atoms with Gasteiger partial charge in [-0.3, -0.25) is 24.1 Å². The summed E-state index contributed by atoms with van der Waals surface area (Å²) in [5.74, 6) is -1.93. The van der Waals surface area contributed by atoms with E-state index in [1.807, 2.05) is 62.4 Å². The highest BCUT2D eigenvalue weighted by Crippen LogP contribution is 2.47. The number of amides is 3. The molecule has 0 spiro atoms. The first-order valence-corrected chi connectivity index (χ1v) is 19.3. The van der Waals surface area contributed by atoms with E-state index in [-0.39, 0.29) is 31.1 Å². The van der Waals surface area contributed by atoms with Gasteiger partial charge < -0.3 is 19.7 Å². The third-order valence-electron chi connectivity index (χ3n) is 10.8. The van der Waals surface area contributed by atoms with Gasteiger partial charge in [-0.05, 0) is 89.5 Å². The van der Waals surface area contributed by atoms with Crippen LogP contribution < -0.4 is 19.5 Å². The van der Waals surface area contributed by atoms with Gasteiger partial charge in [0, 0.05) is 42.2 Å². The first kappa shape index (κ1) is 34.9. The van der Waals surface area contributed by atoms with E-state index in [0.29, 0.717) is 47.8 Å². The minimum atomic E-state index is -3.83. The van der Waals surface area contributed by atoms with Crippen molar-refractivity contribution in [1.29, 1.82) is 0 Å². The lowest BCUT2D eigenvalue weighted by Crippen LogP contribution is -2.54. The third-order valence-corrected chi connectivity index (χ3v) is 12.6. The summed E-state index contributed by atoms with van der Waals surface area (Å²) in [5, 5.41) is 3.13. The van der Waals surface area contributed by atoms with E-state index in [9.17, 15) is 22.8 Å². The fourth-order valence-electron chi connectivity index (χ4n) is 7.59. The van der Waals surface area contributed by atoms with Crippen molar-refractivity contribution in [2.45, 2.75) is 82.1 Å². The molecule has 1 aliphatic heterocycles. The second-order valence-electron chi connectivity index (χ2n) is 14.5. The minimum absolute atomic E-state index is 0.152. The molecule has 7 rings (SSSR count). The van der Waals surface area contributed by atoms with Gasteiger partial charge in [0.15, 0.2) is 0 Å². The van der Waals surface area contributed by atoms with Crippen LogP contribution in [0.25, 0.3) is 22.3 Å². The first-order chi connectivity index (χ1) is 24.4. The van der Waals surface area contributed by atoms with Crippen LogP contribution >= 0.6 is 0 Å². The van der Waals surface area contributed by atoms with E-state index in [2.05, 4.69) is 15.0 Å². The fraction of sp³-hybridized carbons (Fsp3) is 0.500. The van der Waals surface area contributed by atoms with Crippen molar-refractivity contribution in [3.8, 4) is 22.9 Å². The van der Waals surface area contributed by atoms with Crippen LogP contribution in [-0.2, 0) is 24.4 Å². The molecule has 3 heterocycles. The highest BCUT2D eigenvalue weighted by molar-refractivity contribution is 7.91. The Hall–Kier alpha value is -4.52. The van der Waals surface area contributed by atoms with Gasteiger partial charge in [-0.25, -0.2) is 13.4 Å². The number of allylic oxidation sites excluding steroid dienone is 1. The van der Waals surface area contributed by atoms with Gasteiger partial charge in [0.05, 0.1) is 41.1 Å². The van der Waals surface area contributed by atoms with Crippen LogP contribution in [0.1, 0.15) is 62.6 Å². The number of sulfonamides is 1. The van der Waals surface area contributed by atoms with Crippen molar-refractivity contribution in [3.05, 3.63) is 59.8 Å². The van der Waals surface area contributed by atoms with Gasteiger partial charge in [-0.1, -0.05) is 18.2 Å². The topological polar surface area (TPSA) is 157 Å². The number of carbonyl (C=O) groups excluding carboxylic acids is 3. The number of ether oxygens (including phenoxy) is 2. The maximum atomic E-state index is 14.2. The number of pyridine rings is 2. The highest BCUT2D eigenvalue weighted by atomic mass is 32.2. The maximum Gasteiger partial charge on any atom is 0.259 e. The predicted octanol–water partition coefficient (Wildman–Crippen LogP) is 4.38. The standard InChI is InChI=1S/C38H45N5O7S/c1-22-10-9-12-30(39-22)31-20-33(27-15-16-32(49-4)23(2)34(27)40-31)50-25-18-28-29(19-25)36(45)43(3)17-8-6-5-7-11-24-21-38(24,41-35(28)44)37(46)42-51(47,48)26-13-14-26/h7,9-12,15-16,20,24-26,28-29H,5-6,8,13-14,17-19,21H2,1-4H3,(H,41,44)(H,42,46)/b11-7-/t24?,25-,28+,29?,38?/m0/s1. The van der Waals surface area contributed by atoms with Crippen LogP contribution in [0, 0.1) is 31.6 Å². The molecular formula is C38H45N5O7S. The van der Waals surface area contributed by atoms with Crippen molar-refractivity contribution in [2.75, 3.05) is 20.7 Å². The van der Waals surface area contributed by atoms with Gasteiger partial charge in [-0.15, -0.1) is 0 Å². The number of methoxy groups -OCH3 is 1. The lowest BCUT2D eigenvalue weighted by molar-refractivity contribution is -0.140. The number of carbonyl (C=O) groups is 3. The highest BCUT2D eigenvalue weighted by Gasteiger charge is 2.62. The molecule has 3 saturated carbocycles. The molecular weight excluding hydrogens is 671 g/mol. The van der Waals surface area contributed by atoms with Crippen LogP contribution in [0.3, 0.4) is 0 Å². The van der Waals surface area contributed by atoms with Crippen LogP contribution in [0.2, 0.25) is 0 Å². The van der Waals surface area contributed by atoms with Gasteiger partial charge in [0.25, 0.3) is 5.91 Å². The second-order valence-corrected chi connectivity index (χ2v) is 16.5. The molecule has 3 amide bonds. The van der Waals surface area contributed by atoms with Crippen molar-refractivity contribution in [2.24, 2.45) is 17.8 Å². The number of fused-ring (bicyclic) bond motifs is 3. The molecule has 0 bridgehead atoms. The first-order valence-electron chi connectivity index (χ1n) is 17.8. The number of aromatic nitrogens is 2. The second kappa shape index (κ2) is 13.6. The molecule has 51 heavy (non-hydrogen) atoms. The lowest BCUT2D eigenvalue weighted by Gasteiger charge is -2.26. The Labute approximate surface area is 298 Å². The molecule has 3 aliphatic carbocycles. The van der Waals surface area contributed by atoms with Crippen molar-refractivity contribution in [3.63, 3.8) is 0 Å². The number of nitrogens with zero attached hydrogens (tertiary/aromatic N) is 3. The Morgan fingerprint density at radius 1 is 1.02 bits per heavy atom. The van der Waals surface area contributed by atoms with Crippen LogP contribution in [0.5, 0.6) is 11.5 Å². The minimum Gasteiger partial charge on any atom is -0.496 e. The zero-order valence-electron chi connectivity index (χ0n) is 29.5. The number of hydrogen-bond acceptors (Lipinski definition) is 9. The molecule has 2 aromatic heterocycles. The number of rotatable bonds is 7. The molecule has 270 valence electrons. The normalized spacial score (nSPS) is 27.5. The molecule has 4 aliphatic rings. The van der Waals surface area contributed by atoms with Crippen LogP contribution in [-0.4, -0.2) is 78.6 Å².